The zero-order chi connectivity index (χ0) is 12.3. The summed E-state index contributed by atoms with van der Waals surface area (Å²) in [4.78, 5) is 0. The highest BCUT2D eigenvalue weighted by molar-refractivity contribution is 9.10. The van der Waals surface area contributed by atoms with Crippen molar-refractivity contribution in [1.82, 2.24) is 0 Å². The van der Waals surface area contributed by atoms with Crippen LogP contribution in [0.2, 0.25) is 0 Å². The maximum absolute atomic E-state index is 9.08. The van der Waals surface area contributed by atoms with Crippen LogP contribution in [-0.2, 0) is 0 Å². The minimum absolute atomic E-state index is 0.384. The second-order valence-corrected chi connectivity index (χ2v) is 5.11. The van der Waals surface area contributed by atoms with Crippen molar-refractivity contribution in [1.29, 1.82) is 5.26 Å². The van der Waals surface area contributed by atoms with E-state index in [9.17, 15) is 0 Å². The number of halogens is 1. The molecule has 3 nitrogen and oxygen atoms in total. The van der Waals surface area contributed by atoms with Crippen LogP contribution in [0.1, 0.15) is 25.5 Å². The number of methoxy groups -OCH3 is 1. The van der Waals surface area contributed by atoms with E-state index in [0.717, 1.165) is 10.0 Å². The number of nitrogens with zero attached hydrogens (tertiary/aromatic N) is 1. The van der Waals surface area contributed by atoms with Crippen molar-refractivity contribution in [2.75, 3.05) is 7.11 Å². The molecule has 0 aliphatic rings. The second kappa shape index (κ2) is 4.86. The molecular weight excluding hydrogens is 268 g/mol. The van der Waals surface area contributed by atoms with Gasteiger partial charge >= 0.3 is 0 Å². The molecule has 0 fully saturated rings. The summed E-state index contributed by atoms with van der Waals surface area (Å²) in [5.41, 5.74) is 6.31. The van der Waals surface area contributed by atoms with Crippen LogP contribution in [0.5, 0.6) is 5.75 Å². The van der Waals surface area contributed by atoms with Gasteiger partial charge in [0, 0.05) is 10.0 Å². The van der Waals surface area contributed by atoms with Crippen molar-refractivity contribution in [3.05, 3.63) is 28.2 Å². The summed E-state index contributed by atoms with van der Waals surface area (Å²) in [7, 11) is 1.60. The Bertz CT molecular complexity index is 424. The molecule has 16 heavy (non-hydrogen) atoms. The van der Waals surface area contributed by atoms with Crippen molar-refractivity contribution in [3.63, 3.8) is 0 Å². The van der Waals surface area contributed by atoms with Gasteiger partial charge in [-0.1, -0.05) is 15.9 Å². The van der Waals surface area contributed by atoms with E-state index in [-0.39, 0.29) is 6.04 Å². The fourth-order valence-electron chi connectivity index (χ4n) is 1.41. The van der Waals surface area contributed by atoms with Crippen molar-refractivity contribution in [3.8, 4) is 11.8 Å². The Balaban J connectivity index is 3.22. The monoisotopic (exact) mass is 282 g/mol. The Morgan fingerprint density at radius 1 is 1.50 bits per heavy atom. The molecule has 86 valence electrons. The molecule has 0 aromatic heterocycles. The zero-order valence-corrected chi connectivity index (χ0v) is 11.2. The van der Waals surface area contributed by atoms with Crippen molar-refractivity contribution >= 4 is 15.9 Å². The molecule has 4 heteroatoms. The van der Waals surface area contributed by atoms with E-state index >= 15 is 0 Å². The lowest BCUT2D eigenvalue weighted by atomic mass is 9.82. The van der Waals surface area contributed by atoms with E-state index in [0.29, 0.717) is 5.75 Å². The van der Waals surface area contributed by atoms with Gasteiger partial charge in [-0.2, -0.15) is 5.26 Å². The third kappa shape index (κ3) is 2.55. The Kier molecular flexibility index (Phi) is 3.95. The van der Waals surface area contributed by atoms with Gasteiger partial charge in [0.25, 0.3) is 0 Å². The largest absolute Gasteiger partial charge is 0.496 e. The Morgan fingerprint density at radius 2 is 2.12 bits per heavy atom. The Hall–Kier alpha value is -1.05. The van der Waals surface area contributed by atoms with Crippen molar-refractivity contribution in [2.45, 2.75) is 19.9 Å². The summed E-state index contributed by atoms with van der Waals surface area (Å²) >= 11 is 3.39. The third-order valence-corrected chi connectivity index (χ3v) is 3.09. The predicted molar refractivity (Wildman–Crippen MR) is 67.0 cm³/mol. The summed E-state index contributed by atoms with van der Waals surface area (Å²) in [6.07, 6.45) is 0. The van der Waals surface area contributed by atoms with Gasteiger partial charge in [-0.15, -0.1) is 0 Å². The van der Waals surface area contributed by atoms with Crippen LogP contribution >= 0.6 is 15.9 Å². The molecular formula is C12H15BrN2O. The van der Waals surface area contributed by atoms with Gasteiger partial charge in [-0.3, -0.25) is 0 Å². The molecule has 1 aromatic rings. The second-order valence-electron chi connectivity index (χ2n) is 4.20. The molecule has 0 aliphatic heterocycles. The van der Waals surface area contributed by atoms with Crippen LogP contribution in [0.4, 0.5) is 0 Å². The molecule has 1 atom stereocenters. The first kappa shape index (κ1) is 13.0. The minimum Gasteiger partial charge on any atom is -0.496 e. The summed E-state index contributed by atoms with van der Waals surface area (Å²) in [5.74, 6) is 0.707. The van der Waals surface area contributed by atoms with Gasteiger partial charge in [0.2, 0.25) is 0 Å². The zero-order valence-electron chi connectivity index (χ0n) is 9.62. The van der Waals surface area contributed by atoms with E-state index in [1.165, 1.54) is 0 Å². The van der Waals surface area contributed by atoms with Crippen LogP contribution in [0.3, 0.4) is 0 Å². The molecule has 0 aliphatic carbocycles. The van der Waals surface area contributed by atoms with Gasteiger partial charge in [0.15, 0.2) is 0 Å². The van der Waals surface area contributed by atoms with Crippen molar-refractivity contribution < 1.29 is 4.74 Å². The lowest BCUT2D eigenvalue weighted by Gasteiger charge is -2.26. The van der Waals surface area contributed by atoms with Crippen LogP contribution in [0, 0.1) is 16.7 Å². The first-order valence-corrected chi connectivity index (χ1v) is 5.72. The van der Waals surface area contributed by atoms with Gasteiger partial charge in [0.1, 0.15) is 5.75 Å². The molecule has 0 saturated carbocycles. The van der Waals surface area contributed by atoms with E-state index < -0.39 is 5.41 Å². The molecule has 0 saturated heterocycles. The van der Waals surface area contributed by atoms with Gasteiger partial charge in [0.05, 0.1) is 24.6 Å². The normalized spacial score (nSPS) is 13.0. The molecule has 1 rings (SSSR count). The maximum Gasteiger partial charge on any atom is 0.123 e. The first-order chi connectivity index (χ1) is 7.42. The molecule has 0 heterocycles. The van der Waals surface area contributed by atoms with Gasteiger partial charge < -0.3 is 10.5 Å². The lowest BCUT2D eigenvalue weighted by Crippen LogP contribution is -2.28. The fraction of sp³-hybridized carbons (Fsp3) is 0.417. The van der Waals surface area contributed by atoms with Gasteiger partial charge in [-0.25, -0.2) is 0 Å². The van der Waals surface area contributed by atoms with Crippen LogP contribution in [-0.4, -0.2) is 7.11 Å². The average molecular weight is 283 g/mol. The fourth-order valence-corrected chi connectivity index (χ4v) is 1.79. The molecule has 0 amide bonds. The lowest BCUT2D eigenvalue weighted by molar-refractivity contribution is 0.362. The Labute approximate surface area is 104 Å². The number of nitrogens with two attached hydrogens (primary N) is 1. The topological polar surface area (TPSA) is 59.0 Å². The van der Waals surface area contributed by atoms with E-state index in [2.05, 4.69) is 22.0 Å². The first-order valence-electron chi connectivity index (χ1n) is 4.92. The van der Waals surface area contributed by atoms with Crippen LogP contribution < -0.4 is 10.5 Å². The molecule has 0 bridgehead atoms. The number of nitriles is 1. The molecule has 1 unspecified atom stereocenters. The summed E-state index contributed by atoms with van der Waals surface area (Å²) in [6.45, 7) is 3.63. The molecule has 0 spiro atoms. The number of ether oxygens (including phenoxy) is 1. The Morgan fingerprint density at radius 3 is 2.62 bits per heavy atom. The van der Waals surface area contributed by atoms with Gasteiger partial charge in [-0.05, 0) is 32.0 Å². The van der Waals surface area contributed by atoms with Crippen molar-refractivity contribution in [2.24, 2.45) is 11.1 Å². The van der Waals surface area contributed by atoms with E-state index in [1.54, 1.807) is 7.11 Å². The van der Waals surface area contributed by atoms with E-state index in [1.807, 2.05) is 32.0 Å². The van der Waals surface area contributed by atoms with Crippen LogP contribution in [0.25, 0.3) is 0 Å². The quantitative estimate of drug-likeness (QED) is 0.927. The summed E-state index contributed by atoms with van der Waals surface area (Å²) in [6, 6.07) is 7.44. The van der Waals surface area contributed by atoms with E-state index in [4.69, 9.17) is 15.7 Å². The SMILES string of the molecule is COc1ccc(Br)cc1C(N)C(C)(C)C#N. The highest BCUT2D eigenvalue weighted by atomic mass is 79.9. The highest BCUT2D eigenvalue weighted by Gasteiger charge is 2.29. The minimum atomic E-state index is -0.631. The number of hydrogen-bond donors (Lipinski definition) is 1. The third-order valence-electron chi connectivity index (χ3n) is 2.59. The average Bonchev–Trinajstić information content (AvgIpc) is 2.28. The summed E-state index contributed by atoms with van der Waals surface area (Å²) < 4.78 is 6.17. The number of hydrogen-bond acceptors (Lipinski definition) is 3. The van der Waals surface area contributed by atoms with Crippen LogP contribution in [0.15, 0.2) is 22.7 Å². The smallest absolute Gasteiger partial charge is 0.123 e. The summed E-state index contributed by atoms with van der Waals surface area (Å²) in [5, 5.41) is 9.08. The maximum atomic E-state index is 9.08. The molecule has 1 aromatic carbocycles. The number of benzene rings is 1. The highest BCUT2D eigenvalue weighted by Crippen LogP contribution is 2.36. The number of rotatable bonds is 3. The molecule has 0 radical (unpaired) electrons. The molecule has 2 N–H and O–H groups in total. The predicted octanol–water partition coefficient (Wildman–Crippen LogP) is 3.01. The standard InChI is InChI=1S/C12H15BrN2O/c1-12(2,7-14)11(15)9-6-8(13)4-5-10(9)16-3/h4-6,11H,15H2,1-3H3.